The molecule has 0 fully saturated rings. The molecule has 0 saturated carbocycles. The number of carboxylic acid groups (broad SMARTS) is 1. The van der Waals surface area contributed by atoms with Gasteiger partial charge in [-0.3, -0.25) is 4.79 Å². The Bertz CT molecular complexity index is 472. The molecular weight excluding hydrogens is 292 g/mol. The zero-order chi connectivity index (χ0) is 15.3. The van der Waals surface area contributed by atoms with Gasteiger partial charge in [0.2, 0.25) is 0 Å². The average molecular weight is 315 g/mol. The fourth-order valence-electron chi connectivity index (χ4n) is 1.99. The summed E-state index contributed by atoms with van der Waals surface area (Å²) in [6.07, 6.45) is 0.457. The second-order valence-electron chi connectivity index (χ2n) is 5.68. The number of benzene rings is 1. The highest BCUT2D eigenvalue weighted by Crippen LogP contribution is 2.37. The van der Waals surface area contributed by atoms with Gasteiger partial charge in [0.15, 0.2) is 0 Å². The van der Waals surface area contributed by atoms with E-state index in [0.717, 1.165) is 16.9 Å². The van der Waals surface area contributed by atoms with Gasteiger partial charge < -0.3 is 14.9 Å². The Balaban J connectivity index is 3.09. The molecule has 1 aromatic rings. The van der Waals surface area contributed by atoms with Crippen molar-refractivity contribution in [3.63, 3.8) is 0 Å². The summed E-state index contributed by atoms with van der Waals surface area (Å²) in [5.74, 6) is 0.0301. The van der Waals surface area contributed by atoms with Gasteiger partial charge in [0, 0.05) is 5.56 Å². The normalized spacial score (nSPS) is 13.7. The third kappa shape index (κ3) is 4.70. The van der Waals surface area contributed by atoms with E-state index in [1.54, 1.807) is 7.05 Å². The molecule has 4 nitrogen and oxygen atoms in total. The van der Waals surface area contributed by atoms with E-state index in [1.165, 1.54) is 0 Å². The van der Waals surface area contributed by atoms with Crippen LogP contribution in [0.3, 0.4) is 0 Å². The Morgan fingerprint density at radius 3 is 2.60 bits per heavy atom. The van der Waals surface area contributed by atoms with E-state index in [9.17, 15) is 4.79 Å². The maximum atomic E-state index is 11.1. The first-order valence-electron chi connectivity index (χ1n) is 6.45. The number of likely N-dealkylation sites (N-methyl/N-ethyl adjacent to an activating group) is 1. The molecule has 0 radical (unpaired) electrons. The van der Waals surface area contributed by atoms with Crippen LogP contribution in [0, 0.1) is 0 Å². The molecule has 1 aromatic carbocycles. The van der Waals surface area contributed by atoms with Crippen molar-refractivity contribution in [2.75, 3.05) is 7.05 Å². The average Bonchev–Trinajstić information content (AvgIpc) is 2.36. The van der Waals surface area contributed by atoms with Gasteiger partial charge in [-0.2, -0.15) is 0 Å². The molecule has 3 unspecified atom stereocenters. The number of hydrogen-bond acceptors (Lipinski definition) is 3. The monoisotopic (exact) mass is 315 g/mol. The fourth-order valence-corrected chi connectivity index (χ4v) is 2.68. The van der Waals surface area contributed by atoms with Crippen LogP contribution in [-0.2, 0) is 16.6 Å². The zero-order valence-corrected chi connectivity index (χ0v) is 14.5. The van der Waals surface area contributed by atoms with E-state index in [1.807, 2.05) is 18.2 Å². The van der Waals surface area contributed by atoms with Gasteiger partial charge in [-0.1, -0.05) is 41.8 Å². The van der Waals surface area contributed by atoms with Crippen molar-refractivity contribution in [3.05, 3.63) is 29.3 Å². The van der Waals surface area contributed by atoms with Crippen LogP contribution in [-0.4, -0.2) is 24.2 Å². The second-order valence-corrected chi connectivity index (χ2v) is 6.83. The lowest BCUT2D eigenvalue weighted by molar-refractivity contribution is -0.139. The van der Waals surface area contributed by atoms with Crippen molar-refractivity contribution in [1.29, 1.82) is 0 Å². The molecule has 0 aliphatic heterocycles. The summed E-state index contributed by atoms with van der Waals surface area (Å²) in [5, 5.41) is 11.9. The lowest BCUT2D eigenvalue weighted by Gasteiger charge is -2.24. The van der Waals surface area contributed by atoms with Crippen LogP contribution >= 0.6 is 17.4 Å². The van der Waals surface area contributed by atoms with E-state index in [4.69, 9.17) is 9.63 Å². The number of nitrogens with one attached hydrogen (secondary N) is 1. The Morgan fingerprint density at radius 2 is 2.15 bits per heavy atom. The van der Waals surface area contributed by atoms with Gasteiger partial charge in [0.05, 0.1) is 8.50 Å². The Labute approximate surface area is 124 Å². The molecule has 0 aliphatic carbocycles. The van der Waals surface area contributed by atoms with Crippen molar-refractivity contribution in [1.82, 2.24) is 5.32 Å². The summed E-state index contributed by atoms with van der Waals surface area (Å²) in [7, 11) is 4.54. The van der Waals surface area contributed by atoms with E-state index in [2.05, 4.69) is 35.0 Å². The van der Waals surface area contributed by atoms with E-state index in [-0.39, 0.29) is 5.41 Å². The summed E-state index contributed by atoms with van der Waals surface area (Å²) >= 11 is 0. The van der Waals surface area contributed by atoms with E-state index in [0.29, 0.717) is 14.9 Å². The Kier molecular flexibility index (Phi) is 6.39. The third-order valence-corrected chi connectivity index (χ3v) is 3.80. The lowest BCUT2D eigenvalue weighted by Crippen LogP contribution is -2.35. The summed E-state index contributed by atoms with van der Waals surface area (Å²) < 4.78 is 5.66. The molecule has 0 aromatic heterocycles. The van der Waals surface area contributed by atoms with Crippen LogP contribution in [0.15, 0.2) is 18.2 Å². The first-order valence-corrected chi connectivity index (χ1v) is 9.17. The molecule has 1 rings (SSSR count). The van der Waals surface area contributed by atoms with Gasteiger partial charge in [-0.15, -0.1) is 0 Å². The number of hydrogen-bond donors (Lipinski definition) is 2. The second kappa shape index (κ2) is 7.36. The van der Waals surface area contributed by atoms with E-state index < -0.39 is 12.0 Å². The number of rotatable bonds is 6. The quantitative estimate of drug-likeness (QED) is 0.793. The first kappa shape index (κ1) is 17.4. The molecule has 2 N–H and O–H groups in total. The molecular formula is C14H23NO3P2. The van der Waals surface area contributed by atoms with Crippen LogP contribution in [0.1, 0.15) is 31.9 Å². The highest BCUT2D eigenvalue weighted by molar-refractivity contribution is 8.00. The van der Waals surface area contributed by atoms with Gasteiger partial charge in [0.25, 0.3) is 0 Å². The molecule has 6 heteroatoms. The predicted octanol–water partition coefficient (Wildman–Crippen LogP) is 2.96. The highest BCUT2D eigenvalue weighted by atomic mass is 32.0. The molecule has 0 amide bonds. The van der Waals surface area contributed by atoms with Crippen molar-refractivity contribution in [2.24, 2.45) is 0 Å². The number of aliphatic carboxylic acids is 1. The van der Waals surface area contributed by atoms with Crippen LogP contribution < -0.4 is 9.84 Å². The predicted molar refractivity (Wildman–Crippen MR) is 88.0 cm³/mol. The molecule has 3 atom stereocenters. The van der Waals surface area contributed by atoms with Crippen molar-refractivity contribution >= 4 is 23.4 Å². The van der Waals surface area contributed by atoms with E-state index >= 15 is 0 Å². The summed E-state index contributed by atoms with van der Waals surface area (Å²) in [5.41, 5.74) is 2.05. The summed E-state index contributed by atoms with van der Waals surface area (Å²) in [6, 6.07) is 5.34. The summed E-state index contributed by atoms with van der Waals surface area (Å²) in [4.78, 5) is 11.1. The summed E-state index contributed by atoms with van der Waals surface area (Å²) in [6.45, 7) is 6.37. The van der Waals surface area contributed by atoms with Gasteiger partial charge in [-0.25, -0.2) is 0 Å². The molecule has 0 bridgehead atoms. The largest absolute Gasteiger partial charge is 0.480 e. The van der Waals surface area contributed by atoms with Crippen LogP contribution in [0.2, 0.25) is 0 Å². The van der Waals surface area contributed by atoms with Crippen molar-refractivity contribution in [2.45, 2.75) is 38.6 Å². The van der Waals surface area contributed by atoms with Gasteiger partial charge in [0.1, 0.15) is 11.8 Å². The lowest BCUT2D eigenvalue weighted by atomic mass is 9.85. The SMILES string of the molecule is CNC(Cc1ccc(OPP)c(C(C)(C)C)c1)C(=O)O. The zero-order valence-electron chi connectivity index (χ0n) is 12.4. The topological polar surface area (TPSA) is 58.6 Å². The maximum Gasteiger partial charge on any atom is 0.321 e. The van der Waals surface area contributed by atoms with Crippen LogP contribution in [0.4, 0.5) is 0 Å². The van der Waals surface area contributed by atoms with Crippen molar-refractivity contribution in [3.8, 4) is 5.75 Å². The first-order chi connectivity index (χ1) is 9.29. The van der Waals surface area contributed by atoms with Gasteiger partial charge in [-0.05, 0) is 30.5 Å². The van der Waals surface area contributed by atoms with Gasteiger partial charge >= 0.3 is 5.97 Å². The highest BCUT2D eigenvalue weighted by Gasteiger charge is 2.21. The molecule has 0 spiro atoms. The maximum absolute atomic E-state index is 11.1. The van der Waals surface area contributed by atoms with Crippen molar-refractivity contribution < 1.29 is 14.4 Å². The smallest absolute Gasteiger partial charge is 0.321 e. The van der Waals surface area contributed by atoms with Crippen LogP contribution in [0.5, 0.6) is 5.75 Å². The molecule has 0 saturated heterocycles. The molecule has 112 valence electrons. The molecule has 0 aliphatic rings. The number of carbonyl (C=O) groups is 1. The Hall–Kier alpha value is -0.690. The minimum absolute atomic E-state index is 0.0476. The molecule has 0 heterocycles. The standard InChI is InChI=1S/C14H23NO3P2/c1-14(2,3)10-7-9(5-6-12(10)18-20-19)8-11(15-4)13(16)17/h5-7,11,15,20H,8,19H2,1-4H3,(H,16,17). The third-order valence-electron chi connectivity index (χ3n) is 3.11. The molecule has 20 heavy (non-hydrogen) atoms. The Morgan fingerprint density at radius 1 is 1.50 bits per heavy atom. The number of carboxylic acids is 1. The fraction of sp³-hybridized carbons (Fsp3) is 0.500. The minimum atomic E-state index is -0.837. The van der Waals surface area contributed by atoms with Crippen LogP contribution in [0.25, 0.3) is 0 Å². The minimum Gasteiger partial charge on any atom is -0.480 e.